The van der Waals surface area contributed by atoms with Crippen LogP contribution in [0.15, 0.2) is 83.0 Å². The molecule has 1 aliphatic heterocycles. The number of rotatable bonds is 3. The van der Waals surface area contributed by atoms with Gasteiger partial charge in [0.1, 0.15) is 5.76 Å². The lowest BCUT2D eigenvalue weighted by Crippen LogP contribution is -2.29. The SMILES string of the molecule is Cc1ccc(N2C(=O)C(=O)/C(=C(/O)c3ccc(Br)cc3)C2c2cn(C)c3ccccc23)cc1C. The van der Waals surface area contributed by atoms with E-state index >= 15 is 0 Å². The van der Waals surface area contributed by atoms with E-state index in [4.69, 9.17) is 0 Å². The van der Waals surface area contributed by atoms with Crippen molar-refractivity contribution in [2.75, 3.05) is 4.90 Å². The molecule has 170 valence electrons. The number of carbonyl (C=O) groups is 2. The largest absolute Gasteiger partial charge is 0.507 e. The molecule has 2 heterocycles. The Kier molecular flexibility index (Phi) is 5.41. The van der Waals surface area contributed by atoms with Crippen LogP contribution in [0.3, 0.4) is 0 Å². The number of amides is 1. The van der Waals surface area contributed by atoms with Crippen molar-refractivity contribution in [3.8, 4) is 0 Å². The van der Waals surface area contributed by atoms with Crippen LogP contribution >= 0.6 is 15.9 Å². The van der Waals surface area contributed by atoms with Crippen LogP contribution in [0.4, 0.5) is 5.69 Å². The number of para-hydroxylation sites is 1. The first kappa shape index (κ1) is 22.2. The van der Waals surface area contributed by atoms with Gasteiger partial charge in [-0.25, -0.2) is 0 Å². The lowest BCUT2D eigenvalue weighted by Gasteiger charge is -2.25. The third-order valence-corrected chi connectivity index (χ3v) is 7.08. The lowest BCUT2D eigenvalue weighted by atomic mass is 9.94. The number of Topliss-reactive ketones (excluding diaryl/α,β-unsaturated/α-hetero) is 1. The van der Waals surface area contributed by atoms with Crippen LogP contribution < -0.4 is 4.90 Å². The maximum atomic E-state index is 13.4. The Hall–Kier alpha value is -3.64. The maximum absolute atomic E-state index is 13.4. The second-order valence-electron chi connectivity index (χ2n) is 8.66. The number of aromatic nitrogens is 1. The van der Waals surface area contributed by atoms with E-state index in [9.17, 15) is 14.7 Å². The van der Waals surface area contributed by atoms with E-state index in [1.807, 2.05) is 74.1 Å². The van der Waals surface area contributed by atoms with Crippen LogP contribution in [0.25, 0.3) is 16.7 Å². The average Bonchev–Trinajstić information content (AvgIpc) is 3.29. The summed E-state index contributed by atoms with van der Waals surface area (Å²) in [6.07, 6.45) is 1.93. The highest BCUT2D eigenvalue weighted by molar-refractivity contribution is 9.10. The topological polar surface area (TPSA) is 62.5 Å². The van der Waals surface area contributed by atoms with Crippen LogP contribution in [0.1, 0.15) is 28.3 Å². The zero-order valence-corrected chi connectivity index (χ0v) is 20.6. The van der Waals surface area contributed by atoms with Gasteiger partial charge in [-0.3, -0.25) is 14.5 Å². The Morgan fingerprint density at radius 1 is 0.941 bits per heavy atom. The van der Waals surface area contributed by atoms with E-state index in [1.165, 1.54) is 4.90 Å². The zero-order valence-electron chi connectivity index (χ0n) is 19.0. The van der Waals surface area contributed by atoms with Gasteiger partial charge < -0.3 is 9.67 Å². The first-order valence-corrected chi connectivity index (χ1v) is 11.8. The summed E-state index contributed by atoms with van der Waals surface area (Å²) in [5.41, 5.74) is 5.06. The number of hydrogen-bond donors (Lipinski definition) is 1. The Bertz CT molecular complexity index is 1500. The molecule has 5 rings (SSSR count). The van der Waals surface area contributed by atoms with Gasteiger partial charge >= 0.3 is 0 Å². The number of carbonyl (C=O) groups excluding carboxylic acids is 2. The number of aryl methyl sites for hydroxylation is 3. The minimum absolute atomic E-state index is 0.0851. The fourth-order valence-electron chi connectivity index (χ4n) is 4.62. The number of hydrogen-bond acceptors (Lipinski definition) is 3. The smallest absolute Gasteiger partial charge is 0.300 e. The van der Waals surface area contributed by atoms with Crippen LogP contribution in [0, 0.1) is 13.8 Å². The van der Waals surface area contributed by atoms with Crippen molar-refractivity contribution >= 4 is 50.0 Å². The van der Waals surface area contributed by atoms with Gasteiger partial charge in [0, 0.05) is 45.4 Å². The summed E-state index contributed by atoms with van der Waals surface area (Å²) in [4.78, 5) is 28.4. The molecule has 0 bridgehead atoms. The van der Waals surface area contributed by atoms with Crippen molar-refractivity contribution in [3.05, 3.63) is 105 Å². The molecule has 1 fully saturated rings. The number of nitrogens with zero attached hydrogens (tertiary/aromatic N) is 2. The standard InChI is InChI=1S/C28H23BrN2O3/c1-16-8-13-20(14-17(16)2)31-25(22-15-30(3)23-7-5-4-6-21(22)23)24(27(33)28(31)34)26(32)18-9-11-19(29)12-10-18/h4-15,25,32H,1-3H3/b26-24+. The highest BCUT2D eigenvalue weighted by atomic mass is 79.9. The summed E-state index contributed by atoms with van der Waals surface area (Å²) in [6.45, 7) is 3.98. The van der Waals surface area contributed by atoms with Crippen LogP contribution in [0.5, 0.6) is 0 Å². The molecule has 3 aromatic carbocycles. The summed E-state index contributed by atoms with van der Waals surface area (Å²) in [6, 6.07) is 19.8. The molecule has 1 aliphatic rings. The maximum Gasteiger partial charge on any atom is 0.300 e. The lowest BCUT2D eigenvalue weighted by molar-refractivity contribution is -0.132. The van der Waals surface area contributed by atoms with Gasteiger partial charge in [-0.15, -0.1) is 0 Å². The van der Waals surface area contributed by atoms with Gasteiger partial charge in [-0.1, -0.05) is 52.3 Å². The molecule has 1 atom stereocenters. The van der Waals surface area contributed by atoms with E-state index in [-0.39, 0.29) is 11.3 Å². The van der Waals surface area contributed by atoms with Gasteiger partial charge in [0.15, 0.2) is 0 Å². The summed E-state index contributed by atoms with van der Waals surface area (Å²) in [5.74, 6) is -1.54. The summed E-state index contributed by atoms with van der Waals surface area (Å²) < 4.78 is 2.83. The van der Waals surface area contributed by atoms with Gasteiger partial charge in [0.2, 0.25) is 0 Å². The Morgan fingerprint density at radius 2 is 1.65 bits per heavy atom. The molecular formula is C28H23BrN2O3. The molecule has 1 N–H and O–H groups in total. The Balaban J connectivity index is 1.81. The van der Waals surface area contributed by atoms with Crippen molar-refractivity contribution in [3.63, 3.8) is 0 Å². The van der Waals surface area contributed by atoms with E-state index < -0.39 is 17.7 Å². The minimum Gasteiger partial charge on any atom is -0.507 e. The second kappa shape index (κ2) is 8.29. The molecular weight excluding hydrogens is 492 g/mol. The highest BCUT2D eigenvalue weighted by Gasteiger charge is 2.47. The second-order valence-corrected chi connectivity index (χ2v) is 9.57. The number of aliphatic hydroxyl groups excluding tert-OH is 1. The molecule has 4 aromatic rings. The highest BCUT2D eigenvalue weighted by Crippen LogP contribution is 2.45. The first-order chi connectivity index (χ1) is 16.3. The molecule has 5 nitrogen and oxygen atoms in total. The number of fused-ring (bicyclic) bond motifs is 1. The van der Waals surface area contributed by atoms with E-state index in [0.29, 0.717) is 11.3 Å². The Morgan fingerprint density at radius 3 is 2.35 bits per heavy atom. The van der Waals surface area contributed by atoms with Crippen molar-refractivity contribution < 1.29 is 14.7 Å². The monoisotopic (exact) mass is 514 g/mol. The number of anilines is 1. The van der Waals surface area contributed by atoms with Crippen LogP contribution in [0.2, 0.25) is 0 Å². The molecule has 0 radical (unpaired) electrons. The van der Waals surface area contributed by atoms with Crippen LogP contribution in [-0.4, -0.2) is 21.4 Å². The van der Waals surface area contributed by atoms with E-state index in [2.05, 4.69) is 15.9 Å². The first-order valence-electron chi connectivity index (χ1n) is 11.0. The fraction of sp³-hybridized carbons (Fsp3) is 0.143. The summed E-state index contributed by atoms with van der Waals surface area (Å²) >= 11 is 3.40. The number of halogens is 1. The minimum atomic E-state index is -0.767. The predicted octanol–water partition coefficient (Wildman–Crippen LogP) is 6.18. The molecule has 1 unspecified atom stereocenters. The molecule has 1 aromatic heterocycles. The molecule has 0 spiro atoms. The number of ketones is 1. The molecule has 0 aliphatic carbocycles. The molecule has 1 amide bonds. The summed E-state index contributed by atoms with van der Waals surface area (Å²) in [7, 11) is 1.93. The molecule has 6 heteroatoms. The molecule has 34 heavy (non-hydrogen) atoms. The zero-order chi connectivity index (χ0) is 24.1. The van der Waals surface area contributed by atoms with Crippen LogP contribution in [-0.2, 0) is 16.6 Å². The van der Waals surface area contributed by atoms with Gasteiger partial charge in [-0.05, 0) is 55.3 Å². The molecule has 0 saturated carbocycles. The normalized spacial score (nSPS) is 17.6. The third-order valence-electron chi connectivity index (χ3n) is 6.55. The average molecular weight is 515 g/mol. The van der Waals surface area contributed by atoms with Crippen molar-refractivity contribution in [1.82, 2.24) is 4.57 Å². The van der Waals surface area contributed by atoms with Gasteiger partial charge in [0.25, 0.3) is 11.7 Å². The number of aliphatic hydroxyl groups is 1. The summed E-state index contributed by atoms with van der Waals surface area (Å²) in [5, 5.41) is 12.3. The fourth-order valence-corrected chi connectivity index (χ4v) is 4.89. The van der Waals surface area contributed by atoms with Crippen molar-refractivity contribution in [1.29, 1.82) is 0 Å². The quantitative estimate of drug-likeness (QED) is 0.201. The van der Waals surface area contributed by atoms with E-state index in [1.54, 1.807) is 24.3 Å². The van der Waals surface area contributed by atoms with Crippen molar-refractivity contribution in [2.45, 2.75) is 19.9 Å². The van der Waals surface area contributed by atoms with Crippen molar-refractivity contribution in [2.24, 2.45) is 7.05 Å². The number of benzene rings is 3. The van der Waals surface area contributed by atoms with Gasteiger partial charge in [0.05, 0.1) is 11.6 Å². The predicted molar refractivity (Wildman–Crippen MR) is 138 cm³/mol. The third kappa shape index (κ3) is 3.46. The van der Waals surface area contributed by atoms with E-state index in [0.717, 1.165) is 32.1 Å². The van der Waals surface area contributed by atoms with Gasteiger partial charge in [-0.2, -0.15) is 0 Å². The molecule has 1 saturated heterocycles. The Labute approximate surface area is 206 Å².